The Morgan fingerprint density at radius 3 is 2.26 bits per heavy atom. The molecule has 4 rings (SSSR count). The van der Waals surface area contributed by atoms with Gasteiger partial charge < -0.3 is 25.1 Å². The van der Waals surface area contributed by atoms with Gasteiger partial charge in [-0.25, -0.2) is 19.4 Å². The lowest BCUT2D eigenvalue weighted by atomic mass is 9.99. The Labute approximate surface area is 340 Å². The van der Waals surface area contributed by atoms with E-state index in [0.29, 0.717) is 12.8 Å². The molecule has 15 nitrogen and oxygen atoms in total. The Balaban J connectivity index is 1.49. The zero-order valence-electron chi connectivity index (χ0n) is 33.8. The normalized spacial score (nSPS) is 19.4. The smallest absolute Gasteiger partial charge is 0.406 e. The number of benzene rings is 1. The van der Waals surface area contributed by atoms with Gasteiger partial charge in [0.1, 0.15) is 25.0 Å². The average molecular weight is 831 g/mol. The van der Waals surface area contributed by atoms with Crippen LogP contribution in [0.25, 0.3) is 11.2 Å². The maximum absolute atomic E-state index is 14.6. The number of carbonyl (C=O) groups excluding carboxylic acids is 2. The standard InChI is InChI=1S/C41H60FN6O9P/c1-4-7-9-11-13-15-20-24-53-35(50)28-55-58(52,47-32(26-31-22-18-17-19-23-31)39(51)54-25-21-16-14-12-10-8-5-2)56-29-41(6-3)33(49)27-34(57-41)48-30-44-36-37(43)45-40(42)46-38(36)48/h3,17-19,22-23,30,32-34,49H,4-5,7-16,20-21,24-29H2,1-2H3,(H,47,52)(H2,43,45,46)/t32-,33-,34+,41+,58?/m0/s1. The van der Waals surface area contributed by atoms with Crippen LogP contribution in [-0.4, -0.2) is 80.7 Å². The fourth-order valence-electron chi connectivity index (χ4n) is 6.62. The fourth-order valence-corrected chi connectivity index (χ4v) is 8.06. The number of aromatic nitrogens is 4. The molecule has 0 spiro atoms. The lowest BCUT2D eigenvalue weighted by Crippen LogP contribution is -2.44. The number of imidazole rings is 1. The monoisotopic (exact) mass is 830 g/mol. The Bertz CT molecular complexity index is 1810. The van der Waals surface area contributed by atoms with E-state index < -0.39 is 63.0 Å². The molecule has 320 valence electrons. The molecule has 1 saturated heterocycles. The number of aliphatic hydroxyl groups is 1. The van der Waals surface area contributed by atoms with Crippen LogP contribution in [-0.2, 0) is 43.8 Å². The van der Waals surface area contributed by atoms with Gasteiger partial charge in [-0.3, -0.25) is 18.4 Å². The highest BCUT2D eigenvalue weighted by atomic mass is 31.2. The van der Waals surface area contributed by atoms with Gasteiger partial charge in [0.2, 0.25) is 0 Å². The van der Waals surface area contributed by atoms with Crippen molar-refractivity contribution in [2.24, 2.45) is 0 Å². The van der Waals surface area contributed by atoms with Gasteiger partial charge in [0, 0.05) is 6.42 Å². The van der Waals surface area contributed by atoms with E-state index in [9.17, 15) is 23.7 Å². The van der Waals surface area contributed by atoms with Crippen LogP contribution in [0.3, 0.4) is 0 Å². The van der Waals surface area contributed by atoms with Crippen molar-refractivity contribution in [2.75, 3.05) is 32.2 Å². The molecule has 3 heterocycles. The topological polar surface area (TPSA) is 199 Å². The van der Waals surface area contributed by atoms with E-state index in [2.05, 4.69) is 39.8 Å². The number of ether oxygens (including phenoxy) is 3. The molecule has 1 aliphatic heterocycles. The van der Waals surface area contributed by atoms with Crippen molar-refractivity contribution >= 4 is 36.7 Å². The molecule has 1 unspecified atom stereocenters. The van der Waals surface area contributed by atoms with Crippen molar-refractivity contribution < 1.29 is 46.9 Å². The SMILES string of the molecule is C#C[C@]1(COP(=O)(N[C@@H](Cc2ccccc2)C(=O)OCCCCCCCCC)OCC(=O)OCCCCCCCCC)O[C@@H](n2cnc3c(N)nc(F)nc32)C[C@@H]1O. The summed E-state index contributed by atoms with van der Waals surface area (Å²) < 4.78 is 58.7. The van der Waals surface area contributed by atoms with Crippen LogP contribution in [0, 0.1) is 18.4 Å². The first kappa shape index (κ1) is 46.7. The zero-order chi connectivity index (χ0) is 41.8. The predicted molar refractivity (Wildman–Crippen MR) is 216 cm³/mol. The van der Waals surface area contributed by atoms with E-state index in [1.807, 2.05) is 6.07 Å². The van der Waals surface area contributed by atoms with Gasteiger partial charge in [0.15, 0.2) is 29.2 Å². The summed E-state index contributed by atoms with van der Waals surface area (Å²) in [5.74, 6) is 0.722. The fraction of sp³-hybridized carbons (Fsp3) is 0.634. The van der Waals surface area contributed by atoms with Gasteiger partial charge in [0.05, 0.1) is 19.5 Å². The number of terminal acetylenes is 1. The third-order valence-electron chi connectivity index (χ3n) is 9.97. The second-order valence-electron chi connectivity index (χ2n) is 14.6. The second kappa shape index (κ2) is 24.2. The molecule has 58 heavy (non-hydrogen) atoms. The molecule has 0 radical (unpaired) electrons. The lowest BCUT2D eigenvalue weighted by molar-refractivity contribution is -0.146. The first-order valence-electron chi connectivity index (χ1n) is 20.5. The molecule has 0 bridgehead atoms. The molecule has 4 N–H and O–H groups in total. The highest BCUT2D eigenvalue weighted by molar-refractivity contribution is 7.51. The highest BCUT2D eigenvalue weighted by Gasteiger charge is 2.50. The largest absolute Gasteiger partial charge is 0.465 e. The number of anilines is 1. The third-order valence-corrected chi connectivity index (χ3v) is 11.5. The molecule has 0 aliphatic carbocycles. The van der Waals surface area contributed by atoms with Crippen molar-refractivity contribution in [1.29, 1.82) is 0 Å². The van der Waals surface area contributed by atoms with Crippen molar-refractivity contribution in [1.82, 2.24) is 24.6 Å². The first-order valence-corrected chi connectivity index (χ1v) is 22.1. The van der Waals surface area contributed by atoms with E-state index in [-0.39, 0.29) is 43.0 Å². The quantitative estimate of drug-likeness (QED) is 0.0220. The summed E-state index contributed by atoms with van der Waals surface area (Å²) in [4.78, 5) is 37.9. The molecule has 5 atom stereocenters. The minimum Gasteiger partial charge on any atom is -0.465 e. The molecule has 0 amide bonds. The number of nitrogen functional groups attached to an aromatic ring is 1. The lowest BCUT2D eigenvalue weighted by Gasteiger charge is -2.30. The Morgan fingerprint density at radius 2 is 1.62 bits per heavy atom. The predicted octanol–water partition coefficient (Wildman–Crippen LogP) is 7.13. The van der Waals surface area contributed by atoms with Crippen molar-refractivity contribution in [2.45, 2.75) is 141 Å². The number of hydrogen-bond acceptors (Lipinski definition) is 13. The number of esters is 2. The Morgan fingerprint density at radius 1 is 1.00 bits per heavy atom. The summed E-state index contributed by atoms with van der Waals surface area (Å²) in [6.07, 6.45) is 18.0. The van der Waals surface area contributed by atoms with Crippen LogP contribution in [0.4, 0.5) is 10.2 Å². The third kappa shape index (κ3) is 14.4. The summed E-state index contributed by atoms with van der Waals surface area (Å²) in [6, 6.07) is 7.77. The maximum Gasteiger partial charge on any atom is 0.406 e. The van der Waals surface area contributed by atoms with Crippen molar-refractivity contribution in [3.63, 3.8) is 0 Å². The molecular formula is C41H60FN6O9P. The number of rotatable bonds is 28. The number of nitrogens with one attached hydrogen (secondary N) is 1. The van der Waals surface area contributed by atoms with Gasteiger partial charge >= 0.3 is 25.8 Å². The number of nitrogens with two attached hydrogens (primary N) is 1. The van der Waals surface area contributed by atoms with Gasteiger partial charge in [-0.15, -0.1) is 6.42 Å². The van der Waals surface area contributed by atoms with Gasteiger partial charge in [-0.2, -0.15) is 14.4 Å². The highest BCUT2D eigenvalue weighted by Crippen LogP contribution is 2.48. The van der Waals surface area contributed by atoms with Gasteiger partial charge in [-0.05, 0) is 24.8 Å². The molecule has 2 aromatic heterocycles. The Hall–Kier alpha value is -3.97. The van der Waals surface area contributed by atoms with Crippen molar-refractivity contribution in [3.8, 4) is 12.3 Å². The van der Waals surface area contributed by atoms with E-state index in [1.54, 1.807) is 24.3 Å². The second-order valence-corrected chi connectivity index (χ2v) is 16.4. The first-order chi connectivity index (χ1) is 28.0. The molecular weight excluding hydrogens is 770 g/mol. The number of hydrogen-bond donors (Lipinski definition) is 3. The van der Waals surface area contributed by atoms with E-state index in [1.165, 1.54) is 30.2 Å². The number of halogens is 1. The van der Waals surface area contributed by atoms with Crippen LogP contribution in [0.2, 0.25) is 0 Å². The minimum absolute atomic E-state index is 0.000348. The van der Waals surface area contributed by atoms with E-state index in [0.717, 1.165) is 63.4 Å². The minimum atomic E-state index is -4.65. The number of aliphatic hydroxyl groups excluding tert-OH is 1. The van der Waals surface area contributed by atoms with Crippen LogP contribution >= 0.6 is 7.75 Å². The maximum atomic E-state index is 14.6. The number of fused-ring (bicyclic) bond motifs is 1. The van der Waals surface area contributed by atoms with Crippen LogP contribution < -0.4 is 10.8 Å². The molecule has 1 aromatic carbocycles. The Kier molecular flexibility index (Phi) is 19.5. The van der Waals surface area contributed by atoms with Crippen LogP contribution in [0.5, 0.6) is 0 Å². The molecule has 3 aromatic rings. The number of carbonyl (C=O) groups is 2. The number of unbranched alkanes of at least 4 members (excludes halogenated alkanes) is 12. The molecule has 0 saturated carbocycles. The molecule has 17 heteroatoms. The summed E-state index contributed by atoms with van der Waals surface area (Å²) in [5.41, 5.74) is 4.73. The number of nitrogens with zero attached hydrogens (tertiary/aromatic N) is 4. The van der Waals surface area contributed by atoms with E-state index >= 15 is 0 Å². The van der Waals surface area contributed by atoms with Crippen LogP contribution in [0.1, 0.15) is 122 Å². The summed E-state index contributed by atoms with van der Waals surface area (Å²) in [5, 5.41) is 14.0. The summed E-state index contributed by atoms with van der Waals surface area (Å²) >= 11 is 0. The molecule has 1 aliphatic rings. The zero-order valence-corrected chi connectivity index (χ0v) is 34.7. The average Bonchev–Trinajstić information content (AvgIpc) is 3.79. The molecule has 1 fully saturated rings. The van der Waals surface area contributed by atoms with Crippen LogP contribution in [0.15, 0.2) is 36.7 Å². The van der Waals surface area contributed by atoms with Gasteiger partial charge in [-0.1, -0.05) is 127 Å². The summed E-state index contributed by atoms with van der Waals surface area (Å²) in [7, 11) is -4.65. The van der Waals surface area contributed by atoms with E-state index in [4.69, 9.17) is 35.4 Å². The van der Waals surface area contributed by atoms with Gasteiger partial charge in [0.25, 0.3) is 0 Å². The summed E-state index contributed by atoms with van der Waals surface area (Å²) in [6.45, 7) is 3.12. The van der Waals surface area contributed by atoms with Crippen molar-refractivity contribution in [3.05, 3.63) is 48.3 Å².